The van der Waals surface area contributed by atoms with E-state index in [2.05, 4.69) is 54.0 Å². The van der Waals surface area contributed by atoms with Crippen molar-refractivity contribution in [2.75, 3.05) is 0 Å². The smallest absolute Gasteiger partial charge is 0.0475 e. The van der Waals surface area contributed by atoms with E-state index in [0.29, 0.717) is 0 Å². The van der Waals surface area contributed by atoms with E-state index >= 15 is 0 Å². The first-order chi connectivity index (χ1) is 5.17. The van der Waals surface area contributed by atoms with Crippen LogP contribution in [0.2, 0.25) is 0 Å². The van der Waals surface area contributed by atoms with Crippen molar-refractivity contribution in [2.24, 2.45) is 0 Å². The van der Waals surface area contributed by atoms with Crippen LogP contribution in [0.1, 0.15) is 25.8 Å². The second kappa shape index (κ2) is 3.40. The topological polar surface area (TPSA) is 0 Å². The third-order valence-corrected chi connectivity index (χ3v) is 3.06. The predicted octanol–water partition coefficient (Wildman–Crippen LogP) is 3.71. The molecule has 0 fully saturated rings. The molecular formula is C10H13Br. The fourth-order valence-electron chi connectivity index (χ4n) is 0.990. The lowest BCUT2D eigenvalue weighted by molar-refractivity contribution is 0.681. The van der Waals surface area contributed by atoms with Crippen LogP contribution in [0.15, 0.2) is 30.3 Å². The number of hydrogen-bond acceptors (Lipinski definition) is 0. The Morgan fingerprint density at radius 2 is 1.82 bits per heavy atom. The van der Waals surface area contributed by atoms with Gasteiger partial charge in [0.1, 0.15) is 0 Å². The Labute approximate surface area is 76.8 Å². The van der Waals surface area contributed by atoms with Crippen LogP contribution in [0.5, 0.6) is 0 Å². The lowest BCUT2D eigenvalue weighted by atomic mass is 9.99. The van der Waals surface area contributed by atoms with E-state index < -0.39 is 0 Å². The summed E-state index contributed by atoms with van der Waals surface area (Å²) in [6, 6.07) is 10.5. The monoisotopic (exact) mass is 212 g/mol. The summed E-state index contributed by atoms with van der Waals surface area (Å²) in [5.74, 6) is 0. The minimum absolute atomic E-state index is 0.147. The van der Waals surface area contributed by atoms with Crippen LogP contribution in [0, 0.1) is 0 Å². The molecule has 1 aromatic rings. The van der Waals surface area contributed by atoms with Crippen molar-refractivity contribution in [3.8, 4) is 0 Å². The van der Waals surface area contributed by atoms with Crippen LogP contribution >= 0.6 is 15.9 Å². The number of hydrogen-bond donors (Lipinski definition) is 0. The highest BCUT2D eigenvalue weighted by atomic mass is 79.9. The molecule has 0 aromatic heterocycles. The zero-order chi connectivity index (χ0) is 8.32. The lowest BCUT2D eigenvalue weighted by Crippen LogP contribution is -2.10. The molecule has 0 aliphatic rings. The molecule has 0 saturated heterocycles. The molecule has 1 heteroatoms. The summed E-state index contributed by atoms with van der Waals surface area (Å²) < 4.78 is 0.147. The van der Waals surface area contributed by atoms with Gasteiger partial charge in [0.2, 0.25) is 0 Å². The summed E-state index contributed by atoms with van der Waals surface area (Å²) in [6.07, 6.45) is 1.11. The maximum absolute atomic E-state index is 3.69. The van der Waals surface area contributed by atoms with Gasteiger partial charge >= 0.3 is 0 Å². The summed E-state index contributed by atoms with van der Waals surface area (Å²) >= 11 is 3.69. The lowest BCUT2D eigenvalue weighted by Gasteiger charge is -2.20. The largest absolute Gasteiger partial charge is 0.0804 e. The van der Waals surface area contributed by atoms with Gasteiger partial charge in [-0.1, -0.05) is 53.2 Å². The average molecular weight is 213 g/mol. The molecule has 1 rings (SSSR count). The van der Waals surface area contributed by atoms with Crippen LogP contribution in [-0.2, 0) is 4.32 Å². The van der Waals surface area contributed by atoms with E-state index in [-0.39, 0.29) is 4.32 Å². The molecule has 0 nitrogen and oxygen atoms in total. The molecule has 0 heterocycles. The Morgan fingerprint density at radius 1 is 1.27 bits per heavy atom. The highest BCUT2D eigenvalue weighted by molar-refractivity contribution is 9.09. The molecule has 60 valence electrons. The first-order valence-electron chi connectivity index (χ1n) is 3.91. The van der Waals surface area contributed by atoms with Gasteiger partial charge in [-0.3, -0.25) is 0 Å². The van der Waals surface area contributed by atoms with Gasteiger partial charge in [-0.15, -0.1) is 0 Å². The third kappa shape index (κ3) is 2.06. The van der Waals surface area contributed by atoms with Gasteiger partial charge in [-0.25, -0.2) is 0 Å². The Balaban J connectivity index is 2.93. The van der Waals surface area contributed by atoms with E-state index in [9.17, 15) is 0 Å². The van der Waals surface area contributed by atoms with Crippen LogP contribution in [-0.4, -0.2) is 0 Å². The molecular weight excluding hydrogens is 200 g/mol. The van der Waals surface area contributed by atoms with Crippen molar-refractivity contribution >= 4 is 15.9 Å². The molecule has 0 aliphatic heterocycles. The molecule has 0 N–H and O–H groups in total. The predicted molar refractivity (Wildman–Crippen MR) is 53.0 cm³/mol. The van der Waals surface area contributed by atoms with Crippen molar-refractivity contribution in [3.63, 3.8) is 0 Å². The maximum atomic E-state index is 3.69. The SMILES string of the molecule is CCC(C)(Br)c1ccccc1. The Bertz CT molecular complexity index is 214. The molecule has 1 unspecified atom stereocenters. The number of benzene rings is 1. The Morgan fingerprint density at radius 3 is 2.27 bits per heavy atom. The fraction of sp³-hybridized carbons (Fsp3) is 0.400. The minimum atomic E-state index is 0.147. The molecule has 0 spiro atoms. The summed E-state index contributed by atoms with van der Waals surface area (Å²) in [7, 11) is 0. The first-order valence-corrected chi connectivity index (χ1v) is 4.70. The highest BCUT2D eigenvalue weighted by Crippen LogP contribution is 2.33. The first kappa shape index (κ1) is 8.79. The average Bonchev–Trinajstić information content (AvgIpc) is 2.06. The van der Waals surface area contributed by atoms with Gasteiger partial charge < -0.3 is 0 Å². The molecule has 11 heavy (non-hydrogen) atoms. The molecule has 0 aliphatic carbocycles. The van der Waals surface area contributed by atoms with Gasteiger partial charge in [0.25, 0.3) is 0 Å². The Kier molecular flexibility index (Phi) is 2.72. The van der Waals surface area contributed by atoms with E-state index in [1.54, 1.807) is 0 Å². The van der Waals surface area contributed by atoms with Crippen molar-refractivity contribution in [1.82, 2.24) is 0 Å². The van der Waals surface area contributed by atoms with E-state index in [4.69, 9.17) is 0 Å². The molecule has 0 saturated carbocycles. The van der Waals surface area contributed by atoms with Crippen LogP contribution < -0.4 is 0 Å². The molecule has 0 bridgehead atoms. The van der Waals surface area contributed by atoms with Gasteiger partial charge in [0.15, 0.2) is 0 Å². The second-order valence-corrected chi connectivity index (χ2v) is 4.67. The standard InChI is InChI=1S/C10H13Br/c1-3-10(2,11)9-7-5-4-6-8-9/h4-8H,3H2,1-2H3. The number of alkyl halides is 1. The molecule has 0 radical (unpaired) electrons. The normalized spacial score (nSPS) is 15.9. The molecule has 1 aromatic carbocycles. The summed E-state index contributed by atoms with van der Waals surface area (Å²) in [6.45, 7) is 4.38. The van der Waals surface area contributed by atoms with E-state index in [0.717, 1.165) is 6.42 Å². The number of halogens is 1. The zero-order valence-corrected chi connectivity index (χ0v) is 8.56. The third-order valence-electron chi connectivity index (χ3n) is 2.04. The second-order valence-electron chi connectivity index (χ2n) is 2.92. The minimum Gasteiger partial charge on any atom is -0.0804 e. The van der Waals surface area contributed by atoms with Crippen molar-refractivity contribution in [3.05, 3.63) is 35.9 Å². The summed E-state index contributed by atoms with van der Waals surface area (Å²) in [4.78, 5) is 0. The summed E-state index contributed by atoms with van der Waals surface area (Å²) in [5.41, 5.74) is 1.35. The Hall–Kier alpha value is -0.300. The van der Waals surface area contributed by atoms with Gasteiger partial charge in [0, 0.05) is 4.32 Å². The quantitative estimate of drug-likeness (QED) is 0.657. The van der Waals surface area contributed by atoms with Crippen LogP contribution in [0.3, 0.4) is 0 Å². The van der Waals surface area contributed by atoms with Gasteiger partial charge in [-0.2, -0.15) is 0 Å². The van der Waals surface area contributed by atoms with E-state index in [1.807, 2.05) is 6.07 Å². The molecule has 0 amide bonds. The van der Waals surface area contributed by atoms with E-state index in [1.165, 1.54) is 5.56 Å². The maximum Gasteiger partial charge on any atom is 0.0475 e. The van der Waals surface area contributed by atoms with Crippen molar-refractivity contribution in [2.45, 2.75) is 24.6 Å². The highest BCUT2D eigenvalue weighted by Gasteiger charge is 2.18. The van der Waals surface area contributed by atoms with Crippen molar-refractivity contribution < 1.29 is 0 Å². The van der Waals surface area contributed by atoms with Crippen LogP contribution in [0.4, 0.5) is 0 Å². The van der Waals surface area contributed by atoms with Crippen molar-refractivity contribution in [1.29, 1.82) is 0 Å². The van der Waals surface area contributed by atoms with Gasteiger partial charge in [0.05, 0.1) is 0 Å². The fourth-order valence-corrected chi connectivity index (χ4v) is 1.25. The van der Waals surface area contributed by atoms with Gasteiger partial charge in [-0.05, 0) is 18.9 Å². The van der Waals surface area contributed by atoms with Crippen LogP contribution in [0.25, 0.3) is 0 Å². The summed E-state index contributed by atoms with van der Waals surface area (Å²) in [5, 5.41) is 0. The zero-order valence-electron chi connectivity index (χ0n) is 6.97. The molecule has 1 atom stereocenters. The number of rotatable bonds is 2.